The van der Waals surface area contributed by atoms with Crippen LogP contribution in [0.5, 0.6) is 0 Å². The third kappa shape index (κ3) is 2.51. The van der Waals surface area contributed by atoms with Gasteiger partial charge in [-0.3, -0.25) is 9.59 Å². The van der Waals surface area contributed by atoms with Crippen LogP contribution >= 0.6 is 11.6 Å². The van der Waals surface area contributed by atoms with Gasteiger partial charge in [0, 0.05) is 37.7 Å². The highest BCUT2D eigenvalue weighted by atomic mass is 35.5. The van der Waals surface area contributed by atoms with Crippen LogP contribution in [0.4, 0.5) is 0 Å². The molecule has 0 radical (unpaired) electrons. The number of hydrogen-bond acceptors (Lipinski definition) is 3. The molecule has 2 fully saturated rings. The van der Waals surface area contributed by atoms with Gasteiger partial charge in [-0.2, -0.15) is 0 Å². The second-order valence-corrected chi connectivity index (χ2v) is 5.61. The van der Waals surface area contributed by atoms with Gasteiger partial charge in [-0.1, -0.05) is 23.7 Å². The maximum Gasteiger partial charge on any atom is 0.312 e. The summed E-state index contributed by atoms with van der Waals surface area (Å²) in [6.45, 7) is 3.11. The van der Waals surface area contributed by atoms with Crippen LogP contribution in [0.3, 0.4) is 0 Å². The normalized spacial score (nSPS) is 22.9. The van der Waals surface area contributed by atoms with Crippen molar-refractivity contribution in [3.05, 3.63) is 34.9 Å². The molecule has 1 atom stereocenters. The number of fused-ring (bicyclic) bond motifs is 1. The Bertz CT molecular complexity index is 549. The maximum atomic E-state index is 12.2. The van der Waals surface area contributed by atoms with E-state index in [2.05, 4.69) is 5.32 Å². The Hall–Kier alpha value is -1.59. The monoisotopic (exact) mass is 293 g/mol. The molecule has 1 aromatic carbocycles. The lowest BCUT2D eigenvalue weighted by molar-refractivity contribution is -0.160. The van der Waals surface area contributed by atoms with Gasteiger partial charge >= 0.3 is 11.8 Å². The fraction of sp³-hybridized carbons (Fsp3) is 0.429. The van der Waals surface area contributed by atoms with E-state index in [1.54, 1.807) is 15.9 Å². The van der Waals surface area contributed by atoms with E-state index in [-0.39, 0.29) is 11.9 Å². The number of rotatable bonds is 2. The van der Waals surface area contributed by atoms with E-state index in [1.807, 2.05) is 18.2 Å². The predicted octanol–water partition coefficient (Wildman–Crippen LogP) is 0.483. The molecule has 2 aliphatic heterocycles. The van der Waals surface area contributed by atoms with Crippen LogP contribution in [0, 0.1) is 0 Å². The van der Waals surface area contributed by atoms with Crippen LogP contribution in [0.25, 0.3) is 0 Å². The molecule has 5 nitrogen and oxygen atoms in total. The van der Waals surface area contributed by atoms with Crippen molar-refractivity contribution in [1.82, 2.24) is 15.1 Å². The molecule has 3 rings (SSSR count). The van der Waals surface area contributed by atoms with Crippen LogP contribution < -0.4 is 5.32 Å². The number of carbonyl (C=O) groups is 2. The summed E-state index contributed by atoms with van der Waals surface area (Å²) in [6, 6.07) is 7.46. The minimum atomic E-state index is -0.414. The molecule has 6 heteroatoms. The van der Waals surface area contributed by atoms with Crippen molar-refractivity contribution in [3.63, 3.8) is 0 Å². The minimum absolute atomic E-state index is 0.0770. The molecule has 1 aromatic rings. The van der Waals surface area contributed by atoms with Crippen molar-refractivity contribution in [3.8, 4) is 0 Å². The number of halogens is 1. The summed E-state index contributed by atoms with van der Waals surface area (Å²) >= 11 is 5.95. The fourth-order valence-electron chi connectivity index (χ4n) is 2.78. The summed E-state index contributed by atoms with van der Waals surface area (Å²) in [5.74, 6) is -0.798. The quantitative estimate of drug-likeness (QED) is 0.807. The van der Waals surface area contributed by atoms with Crippen molar-refractivity contribution in [2.24, 2.45) is 0 Å². The summed E-state index contributed by atoms with van der Waals surface area (Å²) < 4.78 is 0. The van der Waals surface area contributed by atoms with E-state index < -0.39 is 5.91 Å². The van der Waals surface area contributed by atoms with Crippen molar-refractivity contribution in [1.29, 1.82) is 0 Å². The molecule has 20 heavy (non-hydrogen) atoms. The molecule has 106 valence electrons. The summed E-state index contributed by atoms with van der Waals surface area (Å²) in [5.41, 5.74) is 0.941. The van der Waals surface area contributed by atoms with Crippen LogP contribution in [0.2, 0.25) is 5.02 Å². The number of amides is 2. The minimum Gasteiger partial charge on any atom is -0.328 e. The summed E-state index contributed by atoms with van der Waals surface area (Å²) in [4.78, 5) is 27.6. The Balaban J connectivity index is 1.76. The number of nitrogens with one attached hydrogen (secondary N) is 1. The molecule has 1 N–H and O–H groups in total. The number of carbonyl (C=O) groups excluding carboxylic acids is 2. The van der Waals surface area contributed by atoms with Crippen molar-refractivity contribution < 1.29 is 9.59 Å². The molecule has 2 saturated heterocycles. The lowest BCUT2D eigenvalue weighted by Crippen LogP contribution is -2.65. The van der Waals surface area contributed by atoms with Gasteiger partial charge in [0.25, 0.3) is 0 Å². The van der Waals surface area contributed by atoms with E-state index in [1.165, 1.54) is 0 Å². The summed E-state index contributed by atoms with van der Waals surface area (Å²) in [5, 5.41) is 3.90. The van der Waals surface area contributed by atoms with Crippen LogP contribution in [0.1, 0.15) is 5.56 Å². The number of piperazine rings is 2. The largest absolute Gasteiger partial charge is 0.328 e. The zero-order chi connectivity index (χ0) is 14.1. The third-order valence-electron chi connectivity index (χ3n) is 3.77. The second kappa shape index (κ2) is 5.42. The Morgan fingerprint density at radius 3 is 2.95 bits per heavy atom. The van der Waals surface area contributed by atoms with Crippen LogP contribution in [-0.4, -0.2) is 53.8 Å². The van der Waals surface area contributed by atoms with Crippen molar-refractivity contribution in [2.45, 2.75) is 12.6 Å². The third-order valence-corrected chi connectivity index (χ3v) is 4.01. The molecule has 0 aromatic heterocycles. The van der Waals surface area contributed by atoms with Gasteiger partial charge in [0.2, 0.25) is 0 Å². The van der Waals surface area contributed by atoms with Crippen molar-refractivity contribution in [2.75, 3.05) is 26.2 Å². The average molecular weight is 294 g/mol. The van der Waals surface area contributed by atoms with E-state index in [9.17, 15) is 9.59 Å². The Morgan fingerprint density at radius 2 is 2.15 bits per heavy atom. The molecule has 1 unspecified atom stereocenters. The maximum absolute atomic E-state index is 12.2. The zero-order valence-corrected chi connectivity index (χ0v) is 11.8. The van der Waals surface area contributed by atoms with E-state index >= 15 is 0 Å². The van der Waals surface area contributed by atoms with Crippen molar-refractivity contribution >= 4 is 23.4 Å². The van der Waals surface area contributed by atoms with E-state index in [0.717, 1.165) is 18.7 Å². The van der Waals surface area contributed by atoms with E-state index in [0.29, 0.717) is 24.7 Å². The number of hydrogen-bond donors (Lipinski definition) is 1. The molecule has 2 heterocycles. The smallest absolute Gasteiger partial charge is 0.312 e. The first-order valence-corrected chi connectivity index (χ1v) is 7.08. The summed E-state index contributed by atoms with van der Waals surface area (Å²) in [6.07, 6.45) is 0. The molecular formula is C14H16ClN3O2. The van der Waals surface area contributed by atoms with Gasteiger partial charge in [-0.15, -0.1) is 0 Å². The first-order valence-electron chi connectivity index (χ1n) is 6.70. The SMILES string of the molecule is O=C1C(=O)N2CCNCC2CN1Cc1cccc(Cl)c1. The average Bonchev–Trinajstić information content (AvgIpc) is 2.45. The molecule has 2 amide bonds. The molecular weight excluding hydrogens is 278 g/mol. The Morgan fingerprint density at radius 1 is 1.30 bits per heavy atom. The van der Waals surface area contributed by atoms with Gasteiger partial charge < -0.3 is 15.1 Å². The van der Waals surface area contributed by atoms with Gasteiger partial charge in [-0.05, 0) is 17.7 Å². The lowest BCUT2D eigenvalue weighted by atomic mass is 10.1. The standard InChI is InChI=1S/C14H16ClN3O2/c15-11-3-1-2-10(6-11)8-17-9-12-7-16-4-5-18(12)14(20)13(17)19/h1-3,6,12,16H,4-5,7-9H2. The fourth-order valence-corrected chi connectivity index (χ4v) is 2.99. The molecule has 0 spiro atoms. The highest BCUT2D eigenvalue weighted by molar-refractivity contribution is 6.35. The number of benzene rings is 1. The second-order valence-electron chi connectivity index (χ2n) is 5.17. The zero-order valence-electron chi connectivity index (χ0n) is 11.0. The lowest BCUT2D eigenvalue weighted by Gasteiger charge is -2.43. The van der Waals surface area contributed by atoms with E-state index in [4.69, 9.17) is 11.6 Å². The number of nitrogens with zero attached hydrogens (tertiary/aromatic N) is 2. The Labute approximate surface area is 122 Å². The molecule has 0 saturated carbocycles. The first-order chi connectivity index (χ1) is 9.65. The van der Waals surface area contributed by atoms with Gasteiger partial charge in [0.05, 0.1) is 6.04 Å². The van der Waals surface area contributed by atoms with Gasteiger partial charge in [-0.25, -0.2) is 0 Å². The molecule has 0 aliphatic carbocycles. The molecule has 2 aliphatic rings. The highest BCUT2D eigenvalue weighted by Crippen LogP contribution is 2.18. The first kappa shape index (κ1) is 13.4. The van der Waals surface area contributed by atoms with Crippen LogP contribution in [-0.2, 0) is 16.1 Å². The predicted molar refractivity (Wildman–Crippen MR) is 75.2 cm³/mol. The van der Waals surface area contributed by atoms with Crippen LogP contribution in [0.15, 0.2) is 24.3 Å². The van der Waals surface area contributed by atoms with Gasteiger partial charge in [0.1, 0.15) is 0 Å². The topological polar surface area (TPSA) is 52.7 Å². The van der Waals surface area contributed by atoms with Gasteiger partial charge in [0.15, 0.2) is 0 Å². The summed E-state index contributed by atoms with van der Waals surface area (Å²) in [7, 11) is 0. The Kier molecular flexibility index (Phi) is 3.63. The highest BCUT2D eigenvalue weighted by Gasteiger charge is 2.39. The molecule has 0 bridgehead atoms.